The lowest BCUT2D eigenvalue weighted by Gasteiger charge is -2.47. The van der Waals surface area contributed by atoms with Gasteiger partial charge in [0.25, 0.3) is 0 Å². The largest absolute Gasteiger partial charge is 0.375 e. The van der Waals surface area contributed by atoms with Crippen LogP contribution in [0.15, 0.2) is 0 Å². The Kier molecular flexibility index (Phi) is 4.57. The zero-order chi connectivity index (χ0) is 11.4. The van der Waals surface area contributed by atoms with Crippen LogP contribution >= 0.6 is 11.8 Å². The third-order valence-electron chi connectivity index (χ3n) is 4.03. The van der Waals surface area contributed by atoms with Gasteiger partial charge in [0.1, 0.15) is 0 Å². The molecule has 2 aliphatic rings. The first kappa shape index (κ1) is 12.7. The molecule has 0 aromatic rings. The van der Waals surface area contributed by atoms with Crippen molar-refractivity contribution in [3.63, 3.8) is 0 Å². The van der Waals surface area contributed by atoms with Crippen LogP contribution in [-0.2, 0) is 4.74 Å². The van der Waals surface area contributed by atoms with E-state index >= 15 is 0 Å². The van der Waals surface area contributed by atoms with Crippen molar-refractivity contribution in [3.8, 4) is 0 Å². The third-order valence-corrected chi connectivity index (χ3v) is 4.68. The molecule has 2 nitrogen and oxygen atoms in total. The van der Waals surface area contributed by atoms with E-state index in [0.717, 1.165) is 6.61 Å². The van der Waals surface area contributed by atoms with Crippen LogP contribution in [0.3, 0.4) is 0 Å². The molecule has 1 saturated heterocycles. The number of ether oxygens (including phenoxy) is 1. The first-order valence-corrected chi connectivity index (χ1v) is 8.02. The highest BCUT2D eigenvalue weighted by atomic mass is 32.2. The van der Waals surface area contributed by atoms with Gasteiger partial charge in [-0.2, -0.15) is 11.8 Å². The molecule has 0 aromatic carbocycles. The van der Waals surface area contributed by atoms with Crippen molar-refractivity contribution in [1.82, 2.24) is 5.32 Å². The molecule has 0 bridgehead atoms. The van der Waals surface area contributed by atoms with Crippen LogP contribution in [0.2, 0.25) is 0 Å². The minimum absolute atomic E-state index is 0.287. The van der Waals surface area contributed by atoms with Crippen molar-refractivity contribution in [3.05, 3.63) is 0 Å². The van der Waals surface area contributed by atoms with E-state index in [1.807, 2.05) is 11.8 Å². The fourth-order valence-corrected chi connectivity index (χ4v) is 3.46. The molecule has 16 heavy (non-hydrogen) atoms. The Hall–Kier alpha value is 0.270. The van der Waals surface area contributed by atoms with Crippen molar-refractivity contribution in [2.45, 2.75) is 63.1 Å². The summed E-state index contributed by atoms with van der Waals surface area (Å²) in [6.07, 6.45) is 9.88. The number of hydrogen-bond donors (Lipinski definition) is 1. The summed E-state index contributed by atoms with van der Waals surface area (Å²) in [4.78, 5) is 0. The van der Waals surface area contributed by atoms with Gasteiger partial charge in [0.15, 0.2) is 0 Å². The van der Waals surface area contributed by atoms with Crippen LogP contribution in [0.25, 0.3) is 0 Å². The van der Waals surface area contributed by atoms with E-state index in [-0.39, 0.29) is 5.60 Å². The maximum absolute atomic E-state index is 5.95. The number of hydrogen-bond acceptors (Lipinski definition) is 3. The Morgan fingerprint density at radius 1 is 1.50 bits per heavy atom. The molecule has 94 valence electrons. The predicted octanol–water partition coefficient (Wildman–Crippen LogP) is 2.82. The Morgan fingerprint density at radius 3 is 2.94 bits per heavy atom. The standard InChI is InChI=1S/C13H25NOS/c1-11(5-9-16-2)14-12-4-8-15-13(10-12)6-3-7-13/h11-12,14H,3-10H2,1-2H3. The lowest BCUT2D eigenvalue weighted by molar-refractivity contribution is -0.136. The molecule has 1 aliphatic carbocycles. The Morgan fingerprint density at radius 2 is 2.31 bits per heavy atom. The van der Waals surface area contributed by atoms with E-state index in [4.69, 9.17) is 4.74 Å². The van der Waals surface area contributed by atoms with Gasteiger partial charge in [-0.25, -0.2) is 0 Å². The van der Waals surface area contributed by atoms with Gasteiger partial charge in [-0.05, 0) is 57.5 Å². The van der Waals surface area contributed by atoms with Crippen LogP contribution in [-0.4, -0.2) is 36.3 Å². The molecule has 2 rings (SSSR count). The van der Waals surface area contributed by atoms with E-state index in [1.54, 1.807) is 0 Å². The predicted molar refractivity (Wildman–Crippen MR) is 71.2 cm³/mol. The Bertz CT molecular complexity index is 218. The highest BCUT2D eigenvalue weighted by Gasteiger charge is 2.42. The molecule has 0 amide bonds. The van der Waals surface area contributed by atoms with E-state index in [1.165, 1.54) is 44.3 Å². The second-order valence-electron chi connectivity index (χ2n) is 5.42. The van der Waals surface area contributed by atoms with Gasteiger partial charge in [-0.1, -0.05) is 0 Å². The summed E-state index contributed by atoms with van der Waals surface area (Å²) < 4.78 is 5.95. The first-order valence-electron chi connectivity index (χ1n) is 6.63. The highest BCUT2D eigenvalue weighted by Crippen LogP contribution is 2.42. The van der Waals surface area contributed by atoms with Crippen molar-refractivity contribution in [1.29, 1.82) is 0 Å². The molecule has 1 N–H and O–H groups in total. The zero-order valence-corrected chi connectivity index (χ0v) is 11.4. The van der Waals surface area contributed by atoms with Crippen LogP contribution < -0.4 is 5.32 Å². The normalized spacial score (nSPS) is 30.0. The summed E-state index contributed by atoms with van der Waals surface area (Å²) in [5.41, 5.74) is 0.287. The topological polar surface area (TPSA) is 21.3 Å². The fraction of sp³-hybridized carbons (Fsp3) is 1.00. The molecule has 1 saturated carbocycles. The van der Waals surface area contributed by atoms with E-state index in [0.29, 0.717) is 12.1 Å². The lowest BCUT2D eigenvalue weighted by atomic mass is 9.74. The third kappa shape index (κ3) is 3.14. The summed E-state index contributed by atoms with van der Waals surface area (Å²) in [6.45, 7) is 3.28. The average molecular weight is 243 g/mol. The highest BCUT2D eigenvalue weighted by molar-refractivity contribution is 7.98. The summed E-state index contributed by atoms with van der Waals surface area (Å²) in [5, 5.41) is 3.78. The van der Waals surface area contributed by atoms with Crippen LogP contribution in [0.1, 0.15) is 45.4 Å². The fourth-order valence-electron chi connectivity index (χ4n) is 2.87. The van der Waals surface area contributed by atoms with Crippen molar-refractivity contribution in [2.75, 3.05) is 18.6 Å². The van der Waals surface area contributed by atoms with E-state index in [2.05, 4.69) is 18.5 Å². The SMILES string of the molecule is CSCCC(C)NC1CCOC2(CCC2)C1. The van der Waals surface area contributed by atoms with Gasteiger partial charge >= 0.3 is 0 Å². The second kappa shape index (κ2) is 5.74. The number of nitrogens with one attached hydrogen (secondary N) is 1. The van der Waals surface area contributed by atoms with Gasteiger partial charge in [-0.15, -0.1) is 0 Å². The smallest absolute Gasteiger partial charge is 0.0697 e. The zero-order valence-electron chi connectivity index (χ0n) is 10.6. The van der Waals surface area contributed by atoms with Crippen LogP contribution in [0.5, 0.6) is 0 Å². The first-order chi connectivity index (χ1) is 7.74. The summed E-state index contributed by atoms with van der Waals surface area (Å²) in [6, 6.07) is 1.36. The average Bonchev–Trinajstić information content (AvgIpc) is 2.24. The lowest BCUT2D eigenvalue weighted by Crippen LogP contribution is -2.52. The molecular weight excluding hydrogens is 218 g/mol. The van der Waals surface area contributed by atoms with Crippen molar-refractivity contribution in [2.24, 2.45) is 0 Å². The van der Waals surface area contributed by atoms with Crippen LogP contribution in [0, 0.1) is 0 Å². The van der Waals surface area contributed by atoms with Crippen molar-refractivity contribution < 1.29 is 4.74 Å². The maximum Gasteiger partial charge on any atom is 0.0697 e. The molecular formula is C13H25NOS. The van der Waals surface area contributed by atoms with E-state index < -0.39 is 0 Å². The molecule has 1 spiro atoms. The molecule has 1 heterocycles. The molecule has 3 heteroatoms. The molecule has 2 fully saturated rings. The quantitative estimate of drug-likeness (QED) is 0.802. The molecule has 0 aromatic heterocycles. The summed E-state index contributed by atoms with van der Waals surface area (Å²) in [5.74, 6) is 1.27. The summed E-state index contributed by atoms with van der Waals surface area (Å²) in [7, 11) is 0. The maximum atomic E-state index is 5.95. The Labute approximate surface area is 104 Å². The molecule has 2 atom stereocenters. The number of thioether (sulfide) groups is 1. The molecule has 2 unspecified atom stereocenters. The minimum Gasteiger partial charge on any atom is -0.375 e. The van der Waals surface area contributed by atoms with Gasteiger partial charge < -0.3 is 10.1 Å². The van der Waals surface area contributed by atoms with Crippen molar-refractivity contribution >= 4 is 11.8 Å². The van der Waals surface area contributed by atoms with E-state index in [9.17, 15) is 0 Å². The molecule has 0 radical (unpaired) electrons. The minimum atomic E-state index is 0.287. The van der Waals surface area contributed by atoms with Gasteiger partial charge in [0.05, 0.1) is 5.60 Å². The Balaban J connectivity index is 1.72. The van der Waals surface area contributed by atoms with Gasteiger partial charge in [0, 0.05) is 18.7 Å². The summed E-state index contributed by atoms with van der Waals surface area (Å²) >= 11 is 1.94. The van der Waals surface area contributed by atoms with Gasteiger partial charge in [0.2, 0.25) is 0 Å². The van der Waals surface area contributed by atoms with Gasteiger partial charge in [-0.3, -0.25) is 0 Å². The van der Waals surface area contributed by atoms with Crippen LogP contribution in [0.4, 0.5) is 0 Å². The molecule has 1 aliphatic heterocycles. The monoisotopic (exact) mass is 243 g/mol. The number of rotatable bonds is 5. The second-order valence-corrected chi connectivity index (χ2v) is 6.41.